The maximum atomic E-state index is 13.5. The number of nitrogens with zero attached hydrogens (tertiary/aromatic N) is 4. The number of amides is 2. The molecule has 4 heterocycles. The normalized spacial score (nSPS) is 21.9. The number of ether oxygens (including phenoxy) is 1. The Morgan fingerprint density at radius 3 is 1.88 bits per heavy atom. The van der Waals surface area contributed by atoms with Crippen LogP contribution in [-0.2, 0) is 28.9 Å². The highest BCUT2D eigenvalue weighted by molar-refractivity contribution is 7.15. The molecule has 2 fully saturated rings. The van der Waals surface area contributed by atoms with Crippen molar-refractivity contribution in [1.29, 1.82) is 0 Å². The summed E-state index contributed by atoms with van der Waals surface area (Å²) in [6.45, 7) is 0.0757. The molecule has 2 aromatic rings. The molecule has 2 aliphatic carbocycles. The summed E-state index contributed by atoms with van der Waals surface area (Å²) in [5, 5.41) is 0. The predicted molar refractivity (Wildman–Crippen MR) is 193 cm³/mol. The maximum Gasteiger partial charge on any atom is 0.340 e. The molecular formula is C37H42N4O6S2. The zero-order valence-electron chi connectivity index (χ0n) is 28.1. The van der Waals surface area contributed by atoms with E-state index in [-0.39, 0.29) is 37.6 Å². The molecule has 0 aromatic carbocycles. The van der Waals surface area contributed by atoms with Gasteiger partial charge in [-0.3, -0.25) is 19.6 Å². The minimum atomic E-state index is -1.29. The van der Waals surface area contributed by atoms with Gasteiger partial charge in [0, 0.05) is 32.4 Å². The highest BCUT2D eigenvalue weighted by atomic mass is 32.1. The van der Waals surface area contributed by atoms with Gasteiger partial charge < -0.3 is 14.5 Å². The first kappa shape index (κ1) is 35.0. The molecule has 0 saturated heterocycles. The van der Waals surface area contributed by atoms with E-state index in [0.717, 1.165) is 88.0 Å². The van der Waals surface area contributed by atoms with Gasteiger partial charge in [-0.15, -0.1) is 35.5 Å². The summed E-state index contributed by atoms with van der Waals surface area (Å²) >= 11 is 2.94. The fraction of sp³-hybridized carbons (Fsp3) is 0.541. The Bertz CT molecular complexity index is 1720. The molecule has 49 heavy (non-hydrogen) atoms. The SMILES string of the molecule is C#Cc1cc2c(s1)C(C1CCCCC1)=NC(COOCCCOC(=O)C1N=C(C3CCCCC3)c3sc(C#C)cc3N(C)C1=O)C(=O)N2C. The fourth-order valence-corrected chi connectivity index (χ4v) is 9.23. The molecule has 2 aromatic heterocycles. The molecule has 2 amide bonds. The predicted octanol–water partition coefficient (Wildman–Crippen LogP) is 5.78. The Morgan fingerprint density at radius 2 is 1.33 bits per heavy atom. The number of terminal acetylenes is 2. The van der Waals surface area contributed by atoms with E-state index >= 15 is 0 Å². The van der Waals surface area contributed by atoms with Crippen LogP contribution < -0.4 is 9.80 Å². The van der Waals surface area contributed by atoms with E-state index in [9.17, 15) is 14.4 Å². The number of aliphatic imine (C=N–C) groups is 2. The van der Waals surface area contributed by atoms with E-state index in [1.54, 1.807) is 19.0 Å². The van der Waals surface area contributed by atoms with Gasteiger partial charge in [0.05, 0.1) is 55.5 Å². The molecule has 12 heteroatoms. The van der Waals surface area contributed by atoms with Crippen molar-refractivity contribution in [3.05, 3.63) is 31.6 Å². The van der Waals surface area contributed by atoms with Crippen molar-refractivity contribution in [1.82, 2.24) is 0 Å². The average molecular weight is 703 g/mol. The van der Waals surface area contributed by atoms with Gasteiger partial charge in [0.25, 0.3) is 11.8 Å². The summed E-state index contributed by atoms with van der Waals surface area (Å²) in [5.41, 5.74) is 3.18. The van der Waals surface area contributed by atoms with Crippen LogP contribution in [0.1, 0.15) is 90.1 Å². The molecule has 2 saturated carbocycles. The van der Waals surface area contributed by atoms with Crippen molar-refractivity contribution in [3.8, 4) is 24.7 Å². The van der Waals surface area contributed by atoms with Crippen LogP contribution in [0.3, 0.4) is 0 Å². The third-order valence-electron chi connectivity index (χ3n) is 9.77. The first-order chi connectivity index (χ1) is 23.8. The molecule has 0 spiro atoms. The lowest BCUT2D eigenvalue weighted by atomic mass is 9.85. The number of rotatable bonds is 10. The van der Waals surface area contributed by atoms with E-state index in [0.29, 0.717) is 12.1 Å². The molecule has 6 rings (SSSR count). The van der Waals surface area contributed by atoms with Crippen molar-refractivity contribution < 1.29 is 28.9 Å². The molecule has 2 aliphatic heterocycles. The minimum absolute atomic E-state index is 0.0137. The second-order valence-corrected chi connectivity index (χ2v) is 15.1. The molecule has 258 valence electrons. The smallest absolute Gasteiger partial charge is 0.340 e. The van der Waals surface area contributed by atoms with Crippen LogP contribution in [0, 0.1) is 36.5 Å². The Kier molecular flexibility index (Phi) is 11.3. The topological polar surface area (TPSA) is 110 Å². The Hall–Kier alpha value is -3.81. The van der Waals surface area contributed by atoms with E-state index in [1.807, 2.05) is 12.1 Å². The number of thiophene rings is 2. The summed E-state index contributed by atoms with van der Waals surface area (Å²) in [6, 6.07) is 1.65. The summed E-state index contributed by atoms with van der Waals surface area (Å²) in [6.07, 6.45) is 22.5. The highest BCUT2D eigenvalue weighted by Crippen LogP contribution is 2.40. The third-order valence-corrected chi connectivity index (χ3v) is 11.9. The summed E-state index contributed by atoms with van der Waals surface area (Å²) in [4.78, 5) is 67.1. The Balaban J connectivity index is 1.04. The van der Waals surface area contributed by atoms with Gasteiger partial charge in [0.15, 0.2) is 6.04 Å². The molecule has 2 atom stereocenters. The quantitative estimate of drug-likeness (QED) is 0.0776. The van der Waals surface area contributed by atoms with E-state index in [4.69, 9.17) is 37.3 Å². The standard InChI is InChI=1S/C37H42N4O6S2/c1-5-25-20-28-33(48-25)30(23-14-9-7-10-15-23)38-27(35(42)40(28)3)22-47-46-19-13-18-45-37(44)32-36(43)41(4)29-21-26(6-2)49-34(29)31(39-32)24-16-11-8-12-17-24/h1-2,20-21,23-24,27,32H,7-19,22H2,3-4H3. The number of fused-ring (bicyclic) bond motifs is 2. The zero-order valence-corrected chi connectivity index (χ0v) is 29.7. The van der Waals surface area contributed by atoms with E-state index in [1.165, 1.54) is 40.4 Å². The lowest BCUT2D eigenvalue weighted by Crippen LogP contribution is -2.40. The van der Waals surface area contributed by atoms with Crippen molar-refractivity contribution in [2.24, 2.45) is 21.8 Å². The fourth-order valence-electron chi connectivity index (χ4n) is 7.09. The minimum Gasteiger partial charge on any atom is -0.464 e. The monoisotopic (exact) mass is 702 g/mol. The maximum absolute atomic E-state index is 13.5. The molecule has 0 bridgehead atoms. The number of likely N-dealkylation sites (N-methyl/N-ethyl adjacent to an activating group) is 2. The Labute approximate surface area is 295 Å². The van der Waals surface area contributed by atoms with Crippen LogP contribution >= 0.6 is 22.7 Å². The number of hydrogen-bond donors (Lipinski definition) is 0. The van der Waals surface area contributed by atoms with Crippen molar-refractivity contribution in [2.75, 3.05) is 43.7 Å². The number of anilines is 2. The molecule has 0 N–H and O–H groups in total. The number of hydrogen-bond acceptors (Lipinski definition) is 10. The van der Waals surface area contributed by atoms with Crippen LogP contribution in [0.25, 0.3) is 0 Å². The molecular weight excluding hydrogens is 661 g/mol. The third kappa shape index (κ3) is 7.53. The Morgan fingerprint density at radius 1 is 0.796 bits per heavy atom. The van der Waals surface area contributed by atoms with Gasteiger partial charge in [-0.05, 0) is 37.8 Å². The molecule has 4 aliphatic rings. The summed E-state index contributed by atoms with van der Waals surface area (Å²) in [5.74, 6) is 4.47. The van der Waals surface area contributed by atoms with Crippen molar-refractivity contribution in [2.45, 2.75) is 82.7 Å². The first-order valence-corrected chi connectivity index (χ1v) is 18.8. The lowest BCUT2D eigenvalue weighted by Gasteiger charge is -2.23. The van der Waals surface area contributed by atoms with Crippen LogP contribution in [0.5, 0.6) is 0 Å². The summed E-state index contributed by atoms with van der Waals surface area (Å²) < 4.78 is 5.53. The van der Waals surface area contributed by atoms with Gasteiger partial charge in [-0.1, -0.05) is 50.4 Å². The van der Waals surface area contributed by atoms with Gasteiger partial charge in [0.1, 0.15) is 6.61 Å². The van der Waals surface area contributed by atoms with Gasteiger partial charge in [-0.2, -0.15) is 0 Å². The number of carbonyl (C=O) groups is 3. The van der Waals surface area contributed by atoms with Crippen LogP contribution in [0.2, 0.25) is 0 Å². The van der Waals surface area contributed by atoms with Crippen LogP contribution in [0.15, 0.2) is 22.1 Å². The van der Waals surface area contributed by atoms with Gasteiger partial charge >= 0.3 is 5.97 Å². The second kappa shape index (κ2) is 15.8. The number of esters is 1. The van der Waals surface area contributed by atoms with E-state index < -0.39 is 24.0 Å². The van der Waals surface area contributed by atoms with Crippen LogP contribution in [-0.4, -0.2) is 75.2 Å². The average Bonchev–Trinajstić information content (AvgIpc) is 3.73. The van der Waals surface area contributed by atoms with Crippen LogP contribution in [0.4, 0.5) is 11.4 Å². The van der Waals surface area contributed by atoms with Crippen molar-refractivity contribution >= 4 is 63.3 Å². The van der Waals surface area contributed by atoms with Gasteiger partial charge in [-0.25, -0.2) is 14.6 Å². The van der Waals surface area contributed by atoms with Gasteiger partial charge in [0.2, 0.25) is 6.04 Å². The summed E-state index contributed by atoms with van der Waals surface area (Å²) in [7, 11) is 3.38. The van der Waals surface area contributed by atoms with E-state index in [2.05, 4.69) is 11.8 Å². The first-order valence-electron chi connectivity index (χ1n) is 17.1. The zero-order chi connectivity index (χ0) is 34.5. The number of carbonyl (C=O) groups excluding carboxylic acids is 3. The largest absolute Gasteiger partial charge is 0.464 e. The molecule has 10 nitrogen and oxygen atoms in total. The van der Waals surface area contributed by atoms with Crippen molar-refractivity contribution in [3.63, 3.8) is 0 Å². The molecule has 2 unspecified atom stereocenters. The second-order valence-electron chi connectivity index (χ2n) is 13.0. The molecule has 0 radical (unpaired) electrons. The highest BCUT2D eigenvalue weighted by Gasteiger charge is 2.39. The lowest BCUT2D eigenvalue weighted by molar-refractivity contribution is -0.296.